The van der Waals surface area contributed by atoms with Crippen LogP contribution >= 0.6 is 0 Å². The zero-order valence-corrected chi connectivity index (χ0v) is 15.2. The summed E-state index contributed by atoms with van der Waals surface area (Å²) >= 11 is 0. The SMILES string of the molecule is C/C(=N\NC(=O)Cc1c(C)nc(-c2ccccc2)[nH]c1=O)c1ccccc1. The molecule has 6 nitrogen and oxygen atoms in total. The average Bonchev–Trinajstić information content (AvgIpc) is 2.70. The molecule has 0 aliphatic heterocycles. The van der Waals surface area contributed by atoms with Crippen LogP contribution in [0.4, 0.5) is 0 Å². The smallest absolute Gasteiger partial charge is 0.255 e. The van der Waals surface area contributed by atoms with Gasteiger partial charge in [0.15, 0.2) is 0 Å². The Hall–Kier alpha value is -3.54. The molecular formula is C21H20N4O2. The number of amides is 1. The zero-order valence-electron chi connectivity index (χ0n) is 15.2. The van der Waals surface area contributed by atoms with Gasteiger partial charge < -0.3 is 4.98 Å². The third-order valence-corrected chi connectivity index (χ3v) is 4.15. The van der Waals surface area contributed by atoms with Crippen molar-refractivity contribution in [1.82, 2.24) is 15.4 Å². The van der Waals surface area contributed by atoms with Gasteiger partial charge in [-0.1, -0.05) is 60.7 Å². The van der Waals surface area contributed by atoms with E-state index in [1.807, 2.05) is 67.6 Å². The fraction of sp³-hybridized carbons (Fsp3) is 0.143. The molecule has 0 spiro atoms. The molecule has 3 aromatic rings. The lowest BCUT2D eigenvalue weighted by Crippen LogP contribution is -2.27. The van der Waals surface area contributed by atoms with Crippen LogP contribution in [-0.2, 0) is 11.2 Å². The summed E-state index contributed by atoms with van der Waals surface area (Å²) in [5.41, 5.74) is 5.46. The van der Waals surface area contributed by atoms with Gasteiger partial charge in [0, 0.05) is 16.8 Å². The maximum absolute atomic E-state index is 12.4. The highest BCUT2D eigenvalue weighted by Crippen LogP contribution is 2.13. The largest absolute Gasteiger partial charge is 0.306 e. The van der Waals surface area contributed by atoms with Gasteiger partial charge in [-0.15, -0.1) is 0 Å². The predicted molar refractivity (Wildman–Crippen MR) is 106 cm³/mol. The number of nitrogens with one attached hydrogen (secondary N) is 2. The van der Waals surface area contributed by atoms with E-state index < -0.39 is 0 Å². The summed E-state index contributed by atoms with van der Waals surface area (Å²) in [6.07, 6.45) is -0.0885. The van der Waals surface area contributed by atoms with Crippen molar-refractivity contribution in [3.63, 3.8) is 0 Å². The first-order valence-electron chi connectivity index (χ1n) is 8.58. The van der Waals surface area contributed by atoms with Gasteiger partial charge >= 0.3 is 0 Å². The molecule has 6 heteroatoms. The van der Waals surface area contributed by atoms with Gasteiger partial charge in [0.05, 0.1) is 12.1 Å². The number of benzene rings is 2. The number of carbonyl (C=O) groups excluding carboxylic acids is 1. The normalized spacial score (nSPS) is 11.3. The molecule has 1 aromatic heterocycles. The van der Waals surface area contributed by atoms with E-state index >= 15 is 0 Å². The van der Waals surface area contributed by atoms with Crippen LogP contribution in [0.25, 0.3) is 11.4 Å². The molecule has 0 unspecified atom stereocenters. The molecule has 0 bridgehead atoms. The van der Waals surface area contributed by atoms with Gasteiger partial charge in [-0.3, -0.25) is 9.59 Å². The first-order valence-corrected chi connectivity index (χ1v) is 8.58. The maximum Gasteiger partial charge on any atom is 0.255 e. The van der Waals surface area contributed by atoms with E-state index in [1.54, 1.807) is 6.92 Å². The minimum absolute atomic E-state index is 0.0885. The highest BCUT2D eigenvalue weighted by atomic mass is 16.2. The molecule has 0 atom stereocenters. The molecule has 0 radical (unpaired) electrons. The van der Waals surface area contributed by atoms with E-state index in [0.29, 0.717) is 22.8 Å². The molecule has 0 saturated heterocycles. The number of rotatable bonds is 5. The van der Waals surface area contributed by atoms with Crippen LogP contribution in [0.2, 0.25) is 0 Å². The zero-order chi connectivity index (χ0) is 19.2. The fourth-order valence-electron chi connectivity index (χ4n) is 2.64. The number of hydrazone groups is 1. The Kier molecular flexibility index (Phi) is 5.56. The van der Waals surface area contributed by atoms with Crippen LogP contribution in [-0.4, -0.2) is 21.6 Å². The number of aryl methyl sites for hydroxylation is 1. The van der Waals surface area contributed by atoms with Crippen molar-refractivity contribution in [3.8, 4) is 11.4 Å². The summed E-state index contributed by atoms with van der Waals surface area (Å²) in [6.45, 7) is 3.53. The third kappa shape index (κ3) is 4.55. The topological polar surface area (TPSA) is 87.2 Å². The molecule has 0 fully saturated rings. The number of aromatic amines is 1. The number of carbonyl (C=O) groups is 1. The molecule has 0 aliphatic carbocycles. The van der Waals surface area contributed by atoms with Crippen molar-refractivity contribution in [2.45, 2.75) is 20.3 Å². The quantitative estimate of drug-likeness (QED) is 0.542. The molecule has 2 aromatic carbocycles. The summed E-state index contributed by atoms with van der Waals surface area (Å²) in [5, 5.41) is 4.10. The van der Waals surface area contributed by atoms with Gasteiger partial charge in [-0.05, 0) is 19.4 Å². The predicted octanol–water partition coefficient (Wildman–Crippen LogP) is 2.83. The van der Waals surface area contributed by atoms with Crippen molar-refractivity contribution in [2.75, 3.05) is 0 Å². The Bertz CT molecular complexity index is 1030. The lowest BCUT2D eigenvalue weighted by atomic mass is 10.1. The Labute approximate surface area is 157 Å². The third-order valence-electron chi connectivity index (χ3n) is 4.15. The average molecular weight is 360 g/mol. The standard InChI is InChI=1S/C21H20N4O2/c1-14(16-9-5-3-6-10-16)24-25-19(26)13-18-15(2)22-20(23-21(18)27)17-11-7-4-8-12-17/h3-12H,13H2,1-2H3,(H,25,26)(H,22,23,27)/b24-14+. The lowest BCUT2D eigenvalue weighted by Gasteiger charge is -2.07. The van der Waals surface area contributed by atoms with Crippen LogP contribution in [0.1, 0.15) is 23.7 Å². The monoisotopic (exact) mass is 360 g/mol. The molecule has 1 heterocycles. The van der Waals surface area contributed by atoms with E-state index in [9.17, 15) is 9.59 Å². The molecule has 0 saturated carbocycles. The Morgan fingerprint density at radius 2 is 1.70 bits per heavy atom. The Morgan fingerprint density at radius 1 is 1.07 bits per heavy atom. The number of hydrogen-bond acceptors (Lipinski definition) is 4. The maximum atomic E-state index is 12.4. The van der Waals surface area contributed by atoms with Crippen molar-refractivity contribution < 1.29 is 4.79 Å². The van der Waals surface area contributed by atoms with Crippen LogP contribution in [0.5, 0.6) is 0 Å². The highest BCUT2D eigenvalue weighted by Gasteiger charge is 2.13. The first kappa shape index (κ1) is 18.3. The van der Waals surface area contributed by atoms with E-state index in [4.69, 9.17) is 0 Å². The molecule has 3 rings (SSSR count). The Balaban J connectivity index is 1.74. The van der Waals surface area contributed by atoms with E-state index in [0.717, 1.165) is 11.1 Å². The second-order valence-corrected chi connectivity index (χ2v) is 6.12. The second kappa shape index (κ2) is 8.23. The summed E-state index contributed by atoms with van der Waals surface area (Å²) in [5.74, 6) is 0.119. The van der Waals surface area contributed by atoms with Crippen molar-refractivity contribution in [2.24, 2.45) is 5.10 Å². The first-order chi connectivity index (χ1) is 13.0. The van der Waals surface area contributed by atoms with Gasteiger partial charge in [0.1, 0.15) is 5.82 Å². The summed E-state index contributed by atoms with van der Waals surface area (Å²) in [4.78, 5) is 31.8. The fourth-order valence-corrected chi connectivity index (χ4v) is 2.64. The Morgan fingerprint density at radius 3 is 2.33 bits per heavy atom. The van der Waals surface area contributed by atoms with Gasteiger partial charge in [-0.2, -0.15) is 5.10 Å². The molecule has 136 valence electrons. The van der Waals surface area contributed by atoms with E-state index in [2.05, 4.69) is 20.5 Å². The summed E-state index contributed by atoms with van der Waals surface area (Å²) in [7, 11) is 0. The summed E-state index contributed by atoms with van der Waals surface area (Å²) in [6, 6.07) is 18.9. The van der Waals surface area contributed by atoms with Crippen molar-refractivity contribution in [1.29, 1.82) is 0 Å². The van der Waals surface area contributed by atoms with Gasteiger partial charge in [0.25, 0.3) is 5.56 Å². The minimum atomic E-state index is -0.367. The summed E-state index contributed by atoms with van der Waals surface area (Å²) < 4.78 is 0. The highest BCUT2D eigenvalue weighted by molar-refractivity contribution is 5.99. The van der Waals surface area contributed by atoms with Crippen molar-refractivity contribution in [3.05, 3.63) is 87.8 Å². The van der Waals surface area contributed by atoms with Crippen LogP contribution in [0, 0.1) is 6.92 Å². The molecule has 0 aliphatic rings. The minimum Gasteiger partial charge on any atom is -0.306 e. The number of H-pyrrole nitrogens is 1. The number of hydrogen-bond donors (Lipinski definition) is 2. The lowest BCUT2D eigenvalue weighted by molar-refractivity contribution is -0.120. The van der Waals surface area contributed by atoms with E-state index in [-0.39, 0.29) is 17.9 Å². The van der Waals surface area contributed by atoms with E-state index in [1.165, 1.54) is 0 Å². The van der Waals surface area contributed by atoms with Crippen molar-refractivity contribution >= 4 is 11.6 Å². The van der Waals surface area contributed by atoms with Gasteiger partial charge in [-0.25, -0.2) is 10.4 Å². The molecule has 2 N–H and O–H groups in total. The van der Waals surface area contributed by atoms with Crippen LogP contribution < -0.4 is 11.0 Å². The molecular weight excluding hydrogens is 340 g/mol. The number of aromatic nitrogens is 2. The molecule has 27 heavy (non-hydrogen) atoms. The van der Waals surface area contributed by atoms with Gasteiger partial charge in [0.2, 0.25) is 5.91 Å². The number of nitrogens with zero attached hydrogens (tertiary/aromatic N) is 2. The molecule has 1 amide bonds. The van der Waals surface area contributed by atoms with Crippen LogP contribution in [0.15, 0.2) is 70.6 Å². The second-order valence-electron chi connectivity index (χ2n) is 6.12. The van der Waals surface area contributed by atoms with Crippen LogP contribution in [0.3, 0.4) is 0 Å².